The summed E-state index contributed by atoms with van der Waals surface area (Å²) in [5, 5.41) is 0. The van der Waals surface area contributed by atoms with Gasteiger partial charge in [-0.2, -0.15) is 0 Å². The highest BCUT2D eigenvalue weighted by Gasteiger charge is 2.42. The number of nitrogens with one attached hydrogen (secondary N) is 1. The van der Waals surface area contributed by atoms with Gasteiger partial charge in [0.25, 0.3) is 0 Å². The second kappa shape index (κ2) is 7.14. The van der Waals surface area contributed by atoms with Crippen LogP contribution in [0.25, 0.3) is 0 Å². The number of hydrogen-bond acceptors (Lipinski definition) is 3. The number of sulfonamides is 1. The molecule has 0 radical (unpaired) electrons. The molecule has 1 heterocycles. The van der Waals surface area contributed by atoms with E-state index in [1.54, 1.807) is 12.1 Å². The van der Waals surface area contributed by atoms with Gasteiger partial charge in [0.15, 0.2) is 0 Å². The summed E-state index contributed by atoms with van der Waals surface area (Å²) in [6.45, 7) is 11.9. The lowest BCUT2D eigenvalue weighted by Crippen LogP contribution is -2.45. The van der Waals surface area contributed by atoms with E-state index in [4.69, 9.17) is 4.74 Å². The predicted octanol–water partition coefficient (Wildman–Crippen LogP) is 3.89. The maximum atomic E-state index is 12.5. The van der Waals surface area contributed by atoms with Gasteiger partial charge < -0.3 is 4.74 Å². The van der Waals surface area contributed by atoms with Crippen LogP contribution in [0.4, 0.5) is 0 Å². The van der Waals surface area contributed by atoms with Crippen molar-refractivity contribution in [1.29, 1.82) is 0 Å². The van der Waals surface area contributed by atoms with Gasteiger partial charge in [-0.15, -0.1) is 0 Å². The molecule has 1 atom stereocenters. The molecule has 5 heteroatoms. The molecule has 0 aromatic heterocycles. The van der Waals surface area contributed by atoms with Crippen LogP contribution in [0.5, 0.6) is 0 Å². The lowest BCUT2D eigenvalue weighted by molar-refractivity contribution is -0.120. The van der Waals surface area contributed by atoms with E-state index < -0.39 is 10.0 Å². The van der Waals surface area contributed by atoms with Gasteiger partial charge >= 0.3 is 0 Å². The first-order valence-corrected chi connectivity index (χ1v) is 10.3. The summed E-state index contributed by atoms with van der Waals surface area (Å²) in [7, 11) is -3.44. The molecule has 1 aromatic carbocycles. The Morgan fingerprint density at radius 2 is 1.83 bits per heavy atom. The molecule has 136 valence electrons. The topological polar surface area (TPSA) is 55.4 Å². The summed E-state index contributed by atoms with van der Waals surface area (Å²) in [6, 6.07) is 6.97. The van der Waals surface area contributed by atoms with Crippen molar-refractivity contribution in [3.63, 3.8) is 0 Å². The fourth-order valence-corrected chi connectivity index (χ4v) is 4.78. The third kappa shape index (κ3) is 4.58. The molecule has 0 amide bonds. The highest BCUT2D eigenvalue weighted by Crippen LogP contribution is 2.46. The maximum absolute atomic E-state index is 12.5. The molecule has 1 N–H and O–H groups in total. The van der Waals surface area contributed by atoms with Crippen molar-refractivity contribution in [2.45, 2.75) is 64.4 Å². The minimum absolute atomic E-state index is 0.123. The van der Waals surface area contributed by atoms with E-state index in [2.05, 4.69) is 32.4 Å². The number of benzene rings is 1. The van der Waals surface area contributed by atoms with Gasteiger partial charge in [-0.3, -0.25) is 0 Å². The lowest BCUT2D eigenvalue weighted by atomic mass is 9.65. The summed E-state index contributed by atoms with van der Waals surface area (Å²) in [6.07, 6.45) is 2.78. The molecule has 2 rings (SSSR count). The van der Waals surface area contributed by atoms with Gasteiger partial charge in [0.2, 0.25) is 10.0 Å². The highest BCUT2D eigenvalue weighted by atomic mass is 32.2. The standard InChI is InChI=1S/C19H31NO3S/c1-15(2)19(11-13-23-18(4,5)14-19)10-12-20-24(21,22)17-8-6-16(3)7-9-17/h6-9,15,20H,10-14H2,1-5H3. The number of ether oxygens (including phenoxy) is 1. The van der Waals surface area contributed by atoms with E-state index in [0.29, 0.717) is 17.4 Å². The third-order valence-corrected chi connectivity index (χ3v) is 6.82. The number of rotatable bonds is 6. The van der Waals surface area contributed by atoms with Crippen LogP contribution in [0, 0.1) is 18.3 Å². The summed E-state index contributed by atoms with van der Waals surface area (Å²) in [5.74, 6) is 0.490. The summed E-state index contributed by atoms with van der Waals surface area (Å²) >= 11 is 0. The molecule has 1 aromatic rings. The Hall–Kier alpha value is -0.910. The molecule has 0 bridgehead atoms. The van der Waals surface area contributed by atoms with E-state index in [1.807, 2.05) is 19.1 Å². The smallest absolute Gasteiger partial charge is 0.240 e. The van der Waals surface area contributed by atoms with E-state index in [9.17, 15) is 8.42 Å². The molecule has 1 unspecified atom stereocenters. The van der Waals surface area contributed by atoms with Crippen LogP contribution in [0.15, 0.2) is 29.2 Å². The van der Waals surface area contributed by atoms with Gasteiger partial charge in [0.1, 0.15) is 0 Å². The highest BCUT2D eigenvalue weighted by molar-refractivity contribution is 7.89. The van der Waals surface area contributed by atoms with Crippen molar-refractivity contribution in [3.05, 3.63) is 29.8 Å². The molecular weight excluding hydrogens is 322 g/mol. The Morgan fingerprint density at radius 1 is 1.21 bits per heavy atom. The molecular formula is C19H31NO3S. The monoisotopic (exact) mass is 353 g/mol. The molecule has 0 saturated carbocycles. The van der Waals surface area contributed by atoms with Crippen LogP contribution in [0.3, 0.4) is 0 Å². The minimum Gasteiger partial charge on any atom is -0.376 e. The summed E-state index contributed by atoms with van der Waals surface area (Å²) in [4.78, 5) is 0.332. The van der Waals surface area contributed by atoms with Crippen molar-refractivity contribution >= 4 is 10.0 Å². The molecule has 1 fully saturated rings. The normalized spacial score (nSPS) is 24.2. The molecule has 0 aliphatic carbocycles. The van der Waals surface area contributed by atoms with Crippen molar-refractivity contribution in [2.75, 3.05) is 13.2 Å². The van der Waals surface area contributed by atoms with E-state index in [1.165, 1.54) is 0 Å². The molecule has 4 nitrogen and oxygen atoms in total. The zero-order valence-corrected chi connectivity index (χ0v) is 16.4. The van der Waals surface area contributed by atoms with Crippen LogP contribution in [0.2, 0.25) is 0 Å². The zero-order chi connectivity index (χ0) is 18.0. The molecule has 1 aliphatic rings. The second-order valence-electron chi connectivity index (χ2n) is 8.01. The predicted molar refractivity (Wildman–Crippen MR) is 97.5 cm³/mol. The van der Waals surface area contributed by atoms with E-state index in [0.717, 1.165) is 31.4 Å². The van der Waals surface area contributed by atoms with Crippen LogP contribution < -0.4 is 4.72 Å². The lowest BCUT2D eigenvalue weighted by Gasteiger charge is -2.47. The van der Waals surface area contributed by atoms with Gasteiger partial charge in [-0.1, -0.05) is 31.5 Å². The first-order chi connectivity index (χ1) is 11.1. The summed E-state index contributed by atoms with van der Waals surface area (Å²) < 4.78 is 33.5. The van der Waals surface area contributed by atoms with Gasteiger partial charge in [0, 0.05) is 13.2 Å². The molecule has 0 spiro atoms. The fourth-order valence-electron chi connectivity index (χ4n) is 3.75. The third-order valence-electron chi connectivity index (χ3n) is 5.34. The maximum Gasteiger partial charge on any atom is 0.240 e. The van der Waals surface area contributed by atoms with Crippen molar-refractivity contribution < 1.29 is 13.2 Å². The Bertz CT molecular complexity index is 650. The van der Waals surface area contributed by atoms with Crippen molar-refractivity contribution in [2.24, 2.45) is 11.3 Å². The Balaban J connectivity index is 2.04. The number of hydrogen-bond donors (Lipinski definition) is 1. The van der Waals surface area contributed by atoms with Crippen molar-refractivity contribution in [3.8, 4) is 0 Å². The van der Waals surface area contributed by atoms with Gasteiger partial charge in [-0.05, 0) is 63.5 Å². The van der Waals surface area contributed by atoms with Crippen LogP contribution in [-0.4, -0.2) is 27.2 Å². The van der Waals surface area contributed by atoms with Crippen molar-refractivity contribution in [1.82, 2.24) is 4.72 Å². The average Bonchev–Trinajstić information content (AvgIpc) is 2.46. The number of aryl methyl sites for hydroxylation is 1. The quantitative estimate of drug-likeness (QED) is 0.844. The Morgan fingerprint density at radius 3 is 2.38 bits per heavy atom. The van der Waals surface area contributed by atoms with Gasteiger partial charge in [-0.25, -0.2) is 13.1 Å². The van der Waals surface area contributed by atoms with E-state index in [-0.39, 0.29) is 11.0 Å². The molecule has 1 saturated heterocycles. The largest absolute Gasteiger partial charge is 0.376 e. The fraction of sp³-hybridized carbons (Fsp3) is 0.684. The SMILES string of the molecule is Cc1ccc(S(=O)(=O)NCCC2(C(C)C)CCOC(C)(C)C2)cc1. The van der Waals surface area contributed by atoms with E-state index >= 15 is 0 Å². The van der Waals surface area contributed by atoms with Crippen LogP contribution in [-0.2, 0) is 14.8 Å². The summed E-state index contributed by atoms with van der Waals surface area (Å²) in [5.41, 5.74) is 1.03. The first kappa shape index (κ1) is 19.4. The van der Waals surface area contributed by atoms with Gasteiger partial charge in [0.05, 0.1) is 10.5 Å². The van der Waals surface area contributed by atoms with Crippen LogP contribution in [0.1, 0.15) is 52.5 Å². The minimum atomic E-state index is -3.44. The average molecular weight is 354 g/mol. The Kier molecular flexibility index (Phi) is 5.78. The Labute approximate surface area is 147 Å². The molecule has 1 aliphatic heterocycles. The zero-order valence-electron chi connectivity index (χ0n) is 15.6. The second-order valence-corrected chi connectivity index (χ2v) is 9.78. The first-order valence-electron chi connectivity index (χ1n) is 8.77. The van der Waals surface area contributed by atoms with Crippen LogP contribution >= 0.6 is 0 Å². The molecule has 24 heavy (non-hydrogen) atoms.